The molecule has 1 aliphatic rings. The molecule has 0 heterocycles. The first-order valence-electron chi connectivity index (χ1n) is 4.64. The first-order chi connectivity index (χ1) is 5.53. The van der Waals surface area contributed by atoms with Gasteiger partial charge in [-0.2, -0.15) is 0 Å². The number of hydrogen-bond acceptors (Lipinski definition) is 1. The SMILES string of the molecule is CCN(CC)[C@H](C)[C@@H]1CC1(Cl)Cl. The molecule has 72 valence electrons. The molecule has 0 N–H and O–H groups in total. The second-order valence-electron chi connectivity index (χ2n) is 3.53. The maximum Gasteiger partial charge on any atom is 0.123 e. The molecule has 0 unspecified atom stereocenters. The first-order valence-corrected chi connectivity index (χ1v) is 5.40. The Kier molecular flexibility index (Phi) is 3.30. The Balaban J connectivity index is 2.43. The summed E-state index contributed by atoms with van der Waals surface area (Å²) in [5, 5.41) is 0. The quantitative estimate of drug-likeness (QED) is 0.645. The lowest BCUT2D eigenvalue weighted by atomic mass is 10.2. The minimum Gasteiger partial charge on any atom is -0.301 e. The van der Waals surface area contributed by atoms with Crippen molar-refractivity contribution in [2.24, 2.45) is 5.92 Å². The maximum absolute atomic E-state index is 6.00. The molecule has 0 aliphatic heterocycles. The van der Waals surface area contributed by atoms with Crippen molar-refractivity contribution in [3.05, 3.63) is 0 Å². The molecule has 1 fully saturated rings. The summed E-state index contributed by atoms with van der Waals surface area (Å²) in [5.74, 6) is 0.473. The molecule has 0 saturated heterocycles. The highest BCUT2D eigenvalue weighted by Gasteiger charge is 2.55. The van der Waals surface area contributed by atoms with Crippen LogP contribution in [0.4, 0.5) is 0 Å². The Morgan fingerprint density at radius 3 is 2.08 bits per heavy atom. The van der Waals surface area contributed by atoms with Gasteiger partial charge in [0.25, 0.3) is 0 Å². The largest absolute Gasteiger partial charge is 0.301 e. The summed E-state index contributed by atoms with van der Waals surface area (Å²) in [4.78, 5) is 2.40. The molecule has 3 heteroatoms. The summed E-state index contributed by atoms with van der Waals surface area (Å²) < 4.78 is -0.429. The number of nitrogens with zero attached hydrogens (tertiary/aromatic N) is 1. The summed E-state index contributed by atoms with van der Waals surface area (Å²) in [6, 6.07) is 0.523. The summed E-state index contributed by atoms with van der Waals surface area (Å²) in [6.07, 6.45) is 0.952. The van der Waals surface area contributed by atoms with Gasteiger partial charge in [-0.1, -0.05) is 13.8 Å². The Hall–Kier alpha value is 0.540. The van der Waals surface area contributed by atoms with Crippen molar-refractivity contribution in [3.8, 4) is 0 Å². The highest BCUT2D eigenvalue weighted by atomic mass is 35.5. The van der Waals surface area contributed by atoms with E-state index in [1.54, 1.807) is 0 Å². The molecule has 1 aliphatic carbocycles. The molecule has 0 radical (unpaired) electrons. The van der Waals surface area contributed by atoms with Gasteiger partial charge >= 0.3 is 0 Å². The highest BCUT2D eigenvalue weighted by Crippen LogP contribution is 2.55. The van der Waals surface area contributed by atoms with Crippen molar-refractivity contribution in [2.75, 3.05) is 13.1 Å². The third kappa shape index (κ3) is 2.07. The summed E-state index contributed by atoms with van der Waals surface area (Å²) >= 11 is 12.0. The Labute approximate surface area is 85.0 Å². The molecule has 0 aromatic heterocycles. The van der Waals surface area contributed by atoms with Gasteiger partial charge in [-0.15, -0.1) is 23.2 Å². The third-order valence-electron chi connectivity index (χ3n) is 2.85. The fourth-order valence-corrected chi connectivity index (χ4v) is 2.51. The Bertz CT molecular complexity index is 153. The summed E-state index contributed by atoms with van der Waals surface area (Å²) in [5.41, 5.74) is 0. The molecular weight excluding hydrogens is 193 g/mol. The molecule has 0 aromatic rings. The van der Waals surface area contributed by atoms with Gasteiger partial charge in [-0.25, -0.2) is 0 Å². The van der Waals surface area contributed by atoms with Crippen molar-refractivity contribution in [3.63, 3.8) is 0 Å². The smallest absolute Gasteiger partial charge is 0.123 e. The van der Waals surface area contributed by atoms with Crippen LogP contribution in [-0.4, -0.2) is 28.4 Å². The van der Waals surface area contributed by atoms with Crippen molar-refractivity contribution in [2.45, 2.75) is 37.6 Å². The molecule has 12 heavy (non-hydrogen) atoms. The zero-order valence-corrected chi connectivity index (χ0v) is 9.49. The van der Waals surface area contributed by atoms with Crippen molar-refractivity contribution in [1.82, 2.24) is 4.90 Å². The average Bonchev–Trinajstić information content (AvgIpc) is 2.62. The predicted octanol–water partition coefficient (Wildman–Crippen LogP) is 2.91. The van der Waals surface area contributed by atoms with Crippen LogP contribution in [-0.2, 0) is 0 Å². The van der Waals surface area contributed by atoms with Gasteiger partial charge < -0.3 is 4.90 Å². The molecule has 0 spiro atoms. The molecule has 1 rings (SSSR count). The fourth-order valence-electron chi connectivity index (χ4n) is 1.81. The van der Waals surface area contributed by atoms with Crippen molar-refractivity contribution < 1.29 is 0 Å². The zero-order chi connectivity index (χ0) is 9.35. The van der Waals surface area contributed by atoms with Gasteiger partial charge in [0.15, 0.2) is 0 Å². The molecule has 0 amide bonds. The molecular formula is C9H17Cl2N. The van der Waals surface area contributed by atoms with E-state index in [4.69, 9.17) is 23.2 Å². The minimum atomic E-state index is -0.429. The zero-order valence-electron chi connectivity index (χ0n) is 7.98. The van der Waals surface area contributed by atoms with E-state index in [1.165, 1.54) is 0 Å². The number of hydrogen-bond donors (Lipinski definition) is 0. The van der Waals surface area contributed by atoms with E-state index in [0.29, 0.717) is 12.0 Å². The lowest BCUT2D eigenvalue weighted by Crippen LogP contribution is -2.35. The van der Waals surface area contributed by atoms with Gasteiger partial charge in [0.2, 0.25) is 0 Å². The average molecular weight is 210 g/mol. The van der Waals surface area contributed by atoms with Crippen LogP contribution in [0.5, 0.6) is 0 Å². The van der Waals surface area contributed by atoms with E-state index < -0.39 is 4.33 Å². The van der Waals surface area contributed by atoms with Crippen LogP contribution in [0, 0.1) is 5.92 Å². The fraction of sp³-hybridized carbons (Fsp3) is 1.00. The Morgan fingerprint density at radius 2 is 1.83 bits per heavy atom. The molecule has 1 saturated carbocycles. The minimum absolute atomic E-state index is 0.429. The second kappa shape index (κ2) is 3.73. The van der Waals surface area contributed by atoms with E-state index in [9.17, 15) is 0 Å². The van der Waals surface area contributed by atoms with Crippen LogP contribution in [0.1, 0.15) is 27.2 Å². The predicted molar refractivity (Wildman–Crippen MR) is 54.9 cm³/mol. The van der Waals surface area contributed by atoms with Crippen LogP contribution in [0.3, 0.4) is 0 Å². The lowest BCUT2D eigenvalue weighted by molar-refractivity contribution is 0.209. The Morgan fingerprint density at radius 1 is 1.42 bits per heavy atom. The van der Waals surface area contributed by atoms with E-state index in [-0.39, 0.29) is 0 Å². The summed E-state index contributed by atoms with van der Waals surface area (Å²) in [6.45, 7) is 8.72. The molecule has 0 aromatic carbocycles. The number of rotatable bonds is 4. The lowest BCUT2D eigenvalue weighted by Gasteiger charge is -2.26. The summed E-state index contributed by atoms with van der Waals surface area (Å²) in [7, 11) is 0. The van der Waals surface area contributed by atoms with Crippen LogP contribution in [0.25, 0.3) is 0 Å². The number of halogens is 2. The number of alkyl halides is 2. The van der Waals surface area contributed by atoms with E-state index in [1.807, 2.05) is 0 Å². The van der Waals surface area contributed by atoms with Crippen molar-refractivity contribution >= 4 is 23.2 Å². The normalized spacial score (nSPS) is 29.0. The molecule has 2 atom stereocenters. The molecule has 1 nitrogen and oxygen atoms in total. The van der Waals surface area contributed by atoms with E-state index >= 15 is 0 Å². The first kappa shape index (κ1) is 10.6. The van der Waals surface area contributed by atoms with Gasteiger partial charge in [0, 0.05) is 12.0 Å². The van der Waals surface area contributed by atoms with Crippen LogP contribution >= 0.6 is 23.2 Å². The van der Waals surface area contributed by atoms with Crippen LogP contribution < -0.4 is 0 Å². The van der Waals surface area contributed by atoms with Crippen LogP contribution in [0.2, 0.25) is 0 Å². The highest BCUT2D eigenvalue weighted by molar-refractivity contribution is 6.50. The monoisotopic (exact) mass is 209 g/mol. The van der Waals surface area contributed by atoms with Crippen LogP contribution in [0.15, 0.2) is 0 Å². The maximum atomic E-state index is 6.00. The standard InChI is InChI=1S/C9H17Cl2N/c1-4-12(5-2)7(3)8-6-9(8,10)11/h7-8H,4-6H2,1-3H3/t7-,8+/m1/s1. The third-order valence-corrected chi connectivity index (χ3v) is 3.71. The van der Waals surface area contributed by atoms with Gasteiger partial charge in [-0.05, 0) is 26.4 Å². The topological polar surface area (TPSA) is 3.24 Å². The van der Waals surface area contributed by atoms with Gasteiger partial charge in [-0.3, -0.25) is 0 Å². The van der Waals surface area contributed by atoms with Gasteiger partial charge in [0.05, 0.1) is 0 Å². The molecule has 0 bridgehead atoms. The van der Waals surface area contributed by atoms with Gasteiger partial charge in [0.1, 0.15) is 4.33 Å². The van der Waals surface area contributed by atoms with E-state index in [2.05, 4.69) is 25.7 Å². The van der Waals surface area contributed by atoms with E-state index in [0.717, 1.165) is 19.5 Å². The second-order valence-corrected chi connectivity index (χ2v) is 5.08. The van der Waals surface area contributed by atoms with Crippen molar-refractivity contribution in [1.29, 1.82) is 0 Å².